The van der Waals surface area contributed by atoms with Crippen molar-refractivity contribution in [3.8, 4) is 0 Å². The fourth-order valence-electron chi connectivity index (χ4n) is 1.94. The molecular formula is C13H13N5O2S. The van der Waals surface area contributed by atoms with Crippen molar-refractivity contribution in [3.63, 3.8) is 0 Å². The Morgan fingerprint density at radius 2 is 2.33 bits per heavy atom. The summed E-state index contributed by atoms with van der Waals surface area (Å²) >= 11 is 1.48. The Balaban J connectivity index is 1.88. The Morgan fingerprint density at radius 1 is 1.48 bits per heavy atom. The second-order valence-electron chi connectivity index (χ2n) is 4.39. The largest absolute Gasteiger partial charge is 0.475 e. The summed E-state index contributed by atoms with van der Waals surface area (Å²) in [4.78, 5) is 19.2. The molecule has 0 saturated heterocycles. The van der Waals surface area contributed by atoms with Crippen LogP contribution in [0.4, 0.5) is 5.82 Å². The number of rotatable bonds is 5. The van der Waals surface area contributed by atoms with E-state index >= 15 is 0 Å². The molecule has 2 N–H and O–H groups in total. The highest BCUT2D eigenvalue weighted by Crippen LogP contribution is 2.26. The van der Waals surface area contributed by atoms with Gasteiger partial charge in [0.2, 0.25) is 5.82 Å². The number of carbonyl (C=O) groups is 1. The molecule has 0 fully saturated rings. The monoisotopic (exact) mass is 303 g/mol. The summed E-state index contributed by atoms with van der Waals surface area (Å²) < 4.78 is 2.68. The van der Waals surface area contributed by atoms with E-state index in [0.717, 1.165) is 16.8 Å². The van der Waals surface area contributed by atoms with Crippen LogP contribution in [0.15, 0.2) is 23.8 Å². The number of carboxylic acid groups (broad SMARTS) is 1. The van der Waals surface area contributed by atoms with E-state index in [1.165, 1.54) is 11.3 Å². The third-order valence-electron chi connectivity index (χ3n) is 2.97. The first kappa shape index (κ1) is 13.5. The fraction of sp³-hybridized carbons (Fsp3) is 0.231. The van der Waals surface area contributed by atoms with E-state index < -0.39 is 5.97 Å². The van der Waals surface area contributed by atoms with Gasteiger partial charge in [0.15, 0.2) is 0 Å². The molecule has 7 nitrogen and oxygen atoms in total. The van der Waals surface area contributed by atoms with Gasteiger partial charge in [-0.15, -0.1) is 11.3 Å². The lowest BCUT2D eigenvalue weighted by Gasteiger charge is -2.06. The Morgan fingerprint density at radius 3 is 3.05 bits per heavy atom. The maximum absolute atomic E-state index is 11.1. The molecule has 0 amide bonds. The van der Waals surface area contributed by atoms with Crippen molar-refractivity contribution in [2.24, 2.45) is 0 Å². The van der Waals surface area contributed by atoms with Gasteiger partial charge in [-0.2, -0.15) is 5.10 Å². The number of nitrogens with one attached hydrogen (secondary N) is 1. The zero-order valence-corrected chi connectivity index (χ0v) is 12.1. The maximum Gasteiger partial charge on any atom is 0.374 e. The maximum atomic E-state index is 11.1. The summed E-state index contributed by atoms with van der Waals surface area (Å²) in [5, 5.41) is 18.3. The minimum absolute atomic E-state index is 0.201. The van der Waals surface area contributed by atoms with Crippen molar-refractivity contribution in [1.82, 2.24) is 19.7 Å². The van der Waals surface area contributed by atoms with Gasteiger partial charge < -0.3 is 10.4 Å². The minimum Gasteiger partial charge on any atom is -0.475 e. The van der Waals surface area contributed by atoms with Crippen molar-refractivity contribution in [2.45, 2.75) is 20.0 Å². The van der Waals surface area contributed by atoms with Gasteiger partial charge >= 0.3 is 5.97 Å². The molecule has 0 aliphatic carbocycles. The van der Waals surface area contributed by atoms with Crippen LogP contribution in [0.5, 0.6) is 0 Å². The molecule has 0 spiro atoms. The molecule has 3 heterocycles. The van der Waals surface area contributed by atoms with Gasteiger partial charge in [-0.25, -0.2) is 14.8 Å². The van der Waals surface area contributed by atoms with Crippen molar-refractivity contribution in [2.75, 3.05) is 5.32 Å². The van der Waals surface area contributed by atoms with Crippen LogP contribution < -0.4 is 5.32 Å². The standard InChI is InChI=1S/C13H13N5O2S/c1-2-18-7-8(6-15-18)5-14-11-10-9(3-4-21-10)16-12(17-11)13(19)20/h3-4,6-7H,2,5H2,1H3,(H,19,20)(H,14,16,17). The molecule has 3 aromatic heterocycles. The molecule has 0 aliphatic heterocycles. The first-order valence-electron chi connectivity index (χ1n) is 6.41. The van der Waals surface area contributed by atoms with Crippen LogP contribution in [-0.4, -0.2) is 30.8 Å². The number of thiophene rings is 1. The second kappa shape index (κ2) is 5.49. The molecule has 0 atom stereocenters. The van der Waals surface area contributed by atoms with Gasteiger partial charge in [0.05, 0.1) is 16.4 Å². The van der Waals surface area contributed by atoms with E-state index in [1.807, 2.05) is 23.2 Å². The third kappa shape index (κ3) is 2.70. The molecule has 0 radical (unpaired) electrons. The molecule has 0 unspecified atom stereocenters. The zero-order valence-electron chi connectivity index (χ0n) is 11.3. The second-order valence-corrected chi connectivity index (χ2v) is 5.31. The average molecular weight is 303 g/mol. The molecule has 0 saturated carbocycles. The van der Waals surface area contributed by atoms with Crippen LogP contribution in [0.3, 0.4) is 0 Å². The number of aromatic nitrogens is 4. The number of hydrogen-bond acceptors (Lipinski definition) is 6. The molecule has 0 aliphatic rings. The number of fused-ring (bicyclic) bond motifs is 1. The lowest BCUT2D eigenvalue weighted by Crippen LogP contribution is -2.08. The number of aromatic carboxylic acids is 1. The average Bonchev–Trinajstić information content (AvgIpc) is 3.13. The van der Waals surface area contributed by atoms with Crippen molar-refractivity contribution < 1.29 is 9.90 Å². The van der Waals surface area contributed by atoms with Gasteiger partial charge in [0.25, 0.3) is 0 Å². The molecule has 8 heteroatoms. The summed E-state index contributed by atoms with van der Waals surface area (Å²) in [5.74, 6) is -0.797. The molecule has 0 bridgehead atoms. The smallest absolute Gasteiger partial charge is 0.374 e. The molecule has 3 rings (SSSR count). The first-order chi connectivity index (χ1) is 10.2. The van der Waals surface area contributed by atoms with E-state index in [-0.39, 0.29) is 5.82 Å². The Labute approximate surface area is 124 Å². The highest BCUT2D eigenvalue weighted by molar-refractivity contribution is 7.17. The Kier molecular flexibility index (Phi) is 3.53. The predicted octanol–water partition coefficient (Wildman–Crippen LogP) is 2.22. The summed E-state index contributed by atoms with van der Waals surface area (Å²) in [5.41, 5.74) is 1.65. The van der Waals surface area contributed by atoms with Crippen molar-refractivity contribution in [1.29, 1.82) is 0 Å². The zero-order chi connectivity index (χ0) is 14.8. The Hall–Kier alpha value is -2.48. The van der Waals surface area contributed by atoms with Gasteiger partial charge in [-0.3, -0.25) is 4.68 Å². The quantitative estimate of drug-likeness (QED) is 0.750. The van der Waals surface area contributed by atoms with Crippen molar-refractivity contribution >= 4 is 33.3 Å². The van der Waals surface area contributed by atoms with Crippen LogP contribution in [0.25, 0.3) is 10.2 Å². The van der Waals surface area contributed by atoms with Crippen LogP contribution in [-0.2, 0) is 13.1 Å². The number of anilines is 1. The SMILES string of the molecule is CCn1cc(CNc2nc(C(=O)O)nc3ccsc23)cn1. The first-order valence-corrected chi connectivity index (χ1v) is 7.29. The van der Waals surface area contributed by atoms with Gasteiger partial charge in [-0.1, -0.05) is 0 Å². The molecule has 3 aromatic rings. The van der Waals surface area contributed by atoms with Crippen LogP contribution in [0, 0.1) is 0 Å². The lowest BCUT2D eigenvalue weighted by atomic mass is 10.3. The van der Waals surface area contributed by atoms with E-state index in [4.69, 9.17) is 5.11 Å². The predicted molar refractivity (Wildman–Crippen MR) is 79.6 cm³/mol. The highest BCUT2D eigenvalue weighted by Gasteiger charge is 2.13. The fourth-order valence-corrected chi connectivity index (χ4v) is 2.73. The van der Waals surface area contributed by atoms with E-state index in [9.17, 15) is 4.79 Å². The van der Waals surface area contributed by atoms with Gasteiger partial charge in [0, 0.05) is 24.8 Å². The summed E-state index contributed by atoms with van der Waals surface area (Å²) in [7, 11) is 0. The van der Waals surface area contributed by atoms with Gasteiger partial charge in [-0.05, 0) is 18.4 Å². The summed E-state index contributed by atoms with van der Waals surface area (Å²) in [6.07, 6.45) is 3.72. The number of nitrogens with zero attached hydrogens (tertiary/aromatic N) is 4. The normalized spacial score (nSPS) is 10.9. The van der Waals surface area contributed by atoms with E-state index in [2.05, 4.69) is 20.4 Å². The van der Waals surface area contributed by atoms with Crippen molar-refractivity contribution in [3.05, 3.63) is 35.2 Å². The Bertz CT molecular complexity index is 795. The third-order valence-corrected chi connectivity index (χ3v) is 3.88. The number of carboxylic acids is 1. The highest BCUT2D eigenvalue weighted by atomic mass is 32.1. The minimum atomic E-state index is -1.13. The van der Waals surface area contributed by atoms with Crippen LogP contribution in [0.2, 0.25) is 0 Å². The molecule has 108 valence electrons. The van der Waals surface area contributed by atoms with Gasteiger partial charge in [0.1, 0.15) is 5.82 Å². The van der Waals surface area contributed by atoms with Crippen LogP contribution in [0.1, 0.15) is 23.1 Å². The topological polar surface area (TPSA) is 92.9 Å². The molecule has 21 heavy (non-hydrogen) atoms. The number of aryl methyl sites for hydroxylation is 1. The summed E-state index contributed by atoms with van der Waals surface area (Å²) in [6.45, 7) is 3.36. The molecule has 0 aromatic carbocycles. The van der Waals surface area contributed by atoms with Crippen LogP contribution >= 0.6 is 11.3 Å². The lowest BCUT2D eigenvalue weighted by molar-refractivity contribution is 0.0684. The summed E-state index contributed by atoms with van der Waals surface area (Å²) in [6, 6.07) is 1.79. The number of hydrogen-bond donors (Lipinski definition) is 2. The van der Waals surface area contributed by atoms with E-state index in [1.54, 1.807) is 12.3 Å². The molecular weight excluding hydrogens is 290 g/mol. The van der Waals surface area contributed by atoms with E-state index in [0.29, 0.717) is 17.9 Å².